The number of rotatable bonds is 11. The molecule has 6 heteroatoms. The van der Waals surface area contributed by atoms with Crippen LogP contribution in [0.3, 0.4) is 0 Å². The summed E-state index contributed by atoms with van der Waals surface area (Å²) in [6.07, 6.45) is 4.71. The van der Waals surface area contributed by atoms with E-state index in [1.54, 1.807) is 24.3 Å². The van der Waals surface area contributed by atoms with Gasteiger partial charge in [-0.05, 0) is 48.9 Å². The van der Waals surface area contributed by atoms with E-state index in [0.717, 1.165) is 24.5 Å². The Hall–Kier alpha value is -3.02. The summed E-state index contributed by atoms with van der Waals surface area (Å²) in [5.74, 6) is 0.585. The molecule has 168 valence electrons. The average Bonchev–Trinajstić information content (AvgIpc) is 2.72. The summed E-state index contributed by atoms with van der Waals surface area (Å²) in [6.45, 7) is 8.61. The Morgan fingerprint density at radius 3 is 2.19 bits per heavy atom. The summed E-state index contributed by atoms with van der Waals surface area (Å²) in [6, 6.07) is 14.7. The van der Waals surface area contributed by atoms with Crippen molar-refractivity contribution < 1.29 is 14.3 Å². The van der Waals surface area contributed by atoms with Crippen molar-refractivity contribution in [3.05, 3.63) is 48.5 Å². The van der Waals surface area contributed by atoms with Crippen molar-refractivity contribution in [1.82, 2.24) is 0 Å². The van der Waals surface area contributed by atoms with E-state index in [0.29, 0.717) is 11.4 Å². The van der Waals surface area contributed by atoms with E-state index in [1.807, 2.05) is 45.0 Å². The van der Waals surface area contributed by atoms with Gasteiger partial charge in [-0.3, -0.25) is 9.59 Å². The van der Waals surface area contributed by atoms with Crippen molar-refractivity contribution in [2.24, 2.45) is 5.41 Å². The van der Waals surface area contributed by atoms with Crippen LogP contribution < -0.4 is 20.7 Å². The number of hydrogen-bond acceptors (Lipinski definition) is 4. The van der Waals surface area contributed by atoms with Gasteiger partial charge in [0.15, 0.2) is 0 Å². The Labute approximate surface area is 185 Å². The highest BCUT2D eigenvalue weighted by Gasteiger charge is 2.21. The first-order valence-corrected chi connectivity index (χ1v) is 11.0. The van der Waals surface area contributed by atoms with Gasteiger partial charge in [-0.15, -0.1) is 0 Å². The summed E-state index contributed by atoms with van der Waals surface area (Å²) in [5.41, 5.74) is 1.64. The van der Waals surface area contributed by atoms with Gasteiger partial charge in [0, 0.05) is 22.5 Å². The van der Waals surface area contributed by atoms with Gasteiger partial charge in [-0.2, -0.15) is 0 Å². The van der Waals surface area contributed by atoms with Gasteiger partial charge < -0.3 is 20.7 Å². The summed E-state index contributed by atoms with van der Waals surface area (Å²) >= 11 is 0. The van der Waals surface area contributed by atoms with Crippen LogP contribution in [0.1, 0.15) is 53.4 Å². The van der Waals surface area contributed by atoms with Crippen LogP contribution in [-0.2, 0) is 9.59 Å². The number of amides is 2. The minimum atomic E-state index is -0.487. The molecule has 0 fully saturated rings. The van der Waals surface area contributed by atoms with Gasteiger partial charge >= 0.3 is 0 Å². The molecular weight excluding hydrogens is 390 g/mol. The molecule has 0 spiro atoms. The highest BCUT2D eigenvalue weighted by molar-refractivity contribution is 5.97. The number of nitrogens with one attached hydrogen (secondary N) is 3. The molecule has 0 bridgehead atoms. The molecule has 0 aliphatic rings. The van der Waals surface area contributed by atoms with Crippen LogP contribution in [0, 0.1) is 5.41 Å². The molecule has 2 aromatic rings. The molecule has 31 heavy (non-hydrogen) atoms. The molecular formula is C25H35N3O3. The fraction of sp³-hybridized carbons (Fsp3) is 0.440. The zero-order valence-electron chi connectivity index (χ0n) is 19.1. The van der Waals surface area contributed by atoms with Crippen molar-refractivity contribution in [1.29, 1.82) is 0 Å². The first-order valence-electron chi connectivity index (χ1n) is 11.0. The lowest BCUT2D eigenvalue weighted by molar-refractivity contribution is -0.123. The number of unbranched alkanes of at least 4 members (excludes halogenated alkanes) is 3. The number of ether oxygens (including phenoxy) is 1. The van der Waals surface area contributed by atoms with Crippen molar-refractivity contribution in [3.8, 4) is 5.75 Å². The molecule has 0 aliphatic carbocycles. The van der Waals surface area contributed by atoms with E-state index in [9.17, 15) is 9.59 Å². The van der Waals surface area contributed by atoms with Crippen LogP contribution in [0.5, 0.6) is 5.75 Å². The lowest BCUT2D eigenvalue weighted by Crippen LogP contribution is -2.27. The number of benzene rings is 2. The Kier molecular flexibility index (Phi) is 9.38. The molecule has 0 heterocycles. The highest BCUT2D eigenvalue weighted by Crippen LogP contribution is 2.20. The van der Waals surface area contributed by atoms with Crippen LogP contribution in [0.2, 0.25) is 0 Å². The van der Waals surface area contributed by atoms with E-state index in [4.69, 9.17) is 4.74 Å². The Morgan fingerprint density at radius 2 is 1.55 bits per heavy atom. The first-order chi connectivity index (χ1) is 14.8. The maximum absolute atomic E-state index is 12.3. The van der Waals surface area contributed by atoms with E-state index < -0.39 is 5.41 Å². The van der Waals surface area contributed by atoms with E-state index >= 15 is 0 Å². The number of hydrogen-bond donors (Lipinski definition) is 3. The third kappa shape index (κ3) is 9.11. The third-order valence-corrected chi connectivity index (χ3v) is 4.66. The second kappa shape index (κ2) is 12.0. The highest BCUT2D eigenvalue weighted by atomic mass is 16.5. The third-order valence-electron chi connectivity index (χ3n) is 4.66. The van der Waals surface area contributed by atoms with Gasteiger partial charge in [-0.1, -0.05) is 53.0 Å². The molecule has 0 saturated heterocycles. The maximum atomic E-state index is 12.3. The lowest BCUT2D eigenvalue weighted by Gasteiger charge is -2.18. The molecule has 0 atom stereocenters. The van der Waals surface area contributed by atoms with Crippen molar-refractivity contribution >= 4 is 28.9 Å². The summed E-state index contributed by atoms with van der Waals surface area (Å²) in [7, 11) is 0. The molecule has 0 aromatic heterocycles. The van der Waals surface area contributed by atoms with E-state index in [-0.39, 0.29) is 18.4 Å². The monoisotopic (exact) mass is 425 g/mol. The predicted molar refractivity (Wildman–Crippen MR) is 128 cm³/mol. The average molecular weight is 426 g/mol. The smallest absolute Gasteiger partial charge is 0.243 e. The number of carbonyl (C=O) groups excluding carboxylic acids is 2. The van der Waals surface area contributed by atoms with Crippen LogP contribution >= 0.6 is 0 Å². The van der Waals surface area contributed by atoms with Crippen molar-refractivity contribution in [2.75, 3.05) is 29.1 Å². The van der Waals surface area contributed by atoms with Gasteiger partial charge in [0.05, 0.1) is 13.2 Å². The topological polar surface area (TPSA) is 79.5 Å². The molecule has 0 aliphatic heterocycles. The molecule has 0 radical (unpaired) electrons. The van der Waals surface area contributed by atoms with Gasteiger partial charge in [-0.25, -0.2) is 0 Å². The molecule has 3 N–H and O–H groups in total. The van der Waals surface area contributed by atoms with Crippen LogP contribution in [-0.4, -0.2) is 25.0 Å². The SMILES string of the molecule is CCCCCCOc1ccc(NCC(=O)Nc2cccc(NC(=O)C(C)(C)C)c2)cc1. The molecule has 2 amide bonds. The molecule has 2 aromatic carbocycles. The standard InChI is InChI=1S/C25H35N3O3/c1-5-6-7-8-16-31-22-14-12-19(13-15-22)26-18-23(29)27-20-10-9-11-21(17-20)28-24(30)25(2,3)4/h9-15,17,26H,5-8,16,18H2,1-4H3,(H,27,29)(H,28,30). The summed E-state index contributed by atoms with van der Waals surface area (Å²) < 4.78 is 5.73. The zero-order chi connectivity index (χ0) is 22.7. The van der Waals surface area contributed by atoms with Gasteiger partial charge in [0.2, 0.25) is 11.8 Å². The van der Waals surface area contributed by atoms with Crippen molar-refractivity contribution in [2.45, 2.75) is 53.4 Å². The van der Waals surface area contributed by atoms with Crippen molar-refractivity contribution in [3.63, 3.8) is 0 Å². The Morgan fingerprint density at radius 1 is 0.871 bits per heavy atom. The maximum Gasteiger partial charge on any atom is 0.243 e. The molecule has 0 unspecified atom stereocenters. The second-order valence-corrected chi connectivity index (χ2v) is 8.62. The molecule has 6 nitrogen and oxygen atoms in total. The predicted octanol–water partition coefficient (Wildman–Crippen LogP) is 5.68. The van der Waals surface area contributed by atoms with E-state index in [1.165, 1.54) is 19.3 Å². The number of carbonyl (C=O) groups is 2. The summed E-state index contributed by atoms with van der Waals surface area (Å²) in [4.78, 5) is 24.4. The fourth-order valence-corrected chi connectivity index (χ4v) is 2.77. The number of anilines is 3. The fourth-order valence-electron chi connectivity index (χ4n) is 2.77. The Bertz CT molecular complexity index is 842. The second-order valence-electron chi connectivity index (χ2n) is 8.62. The summed E-state index contributed by atoms with van der Waals surface area (Å²) in [5, 5.41) is 8.81. The van der Waals surface area contributed by atoms with E-state index in [2.05, 4.69) is 22.9 Å². The molecule has 0 saturated carbocycles. The molecule has 2 rings (SSSR count). The van der Waals surface area contributed by atoms with Gasteiger partial charge in [0.25, 0.3) is 0 Å². The van der Waals surface area contributed by atoms with Crippen LogP contribution in [0.4, 0.5) is 17.1 Å². The minimum Gasteiger partial charge on any atom is -0.494 e. The minimum absolute atomic E-state index is 0.0778. The largest absolute Gasteiger partial charge is 0.494 e. The Balaban J connectivity index is 1.78. The lowest BCUT2D eigenvalue weighted by atomic mass is 9.95. The quantitative estimate of drug-likeness (QED) is 0.405. The van der Waals surface area contributed by atoms with Gasteiger partial charge in [0.1, 0.15) is 5.75 Å². The normalized spacial score (nSPS) is 11.0. The van der Waals surface area contributed by atoms with Crippen LogP contribution in [0.25, 0.3) is 0 Å². The first kappa shape index (κ1) is 24.3. The van der Waals surface area contributed by atoms with Crippen LogP contribution in [0.15, 0.2) is 48.5 Å². The zero-order valence-corrected chi connectivity index (χ0v) is 19.1.